The van der Waals surface area contributed by atoms with Gasteiger partial charge in [0.15, 0.2) is 0 Å². The number of fused-ring (bicyclic) bond motifs is 2. The topological polar surface area (TPSA) is 90.0 Å². The summed E-state index contributed by atoms with van der Waals surface area (Å²) >= 11 is 0. The Kier molecular flexibility index (Phi) is 5.84. The van der Waals surface area contributed by atoms with E-state index in [1.54, 1.807) is 4.90 Å². The predicted molar refractivity (Wildman–Crippen MR) is 109 cm³/mol. The number of carbonyl (C=O) groups is 2. The Morgan fingerprint density at radius 3 is 2.31 bits per heavy atom. The number of ketones is 1. The van der Waals surface area contributed by atoms with Gasteiger partial charge in [-0.2, -0.15) is 8.42 Å². The number of hydrogen-bond acceptors (Lipinski definition) is 6. The number of hydrogen-bond donors (Lipinski definition) is 0. The Morgan fingerprint density at radius 1 is 1.21 bits per heavy atom. The van der Waals surface area contributed by atoms with Crippen LogP contribution < -0.4 is 0 Å². The number of rotatable bonds is 6. The molecule has 0 spiro atoms. The van der Waals surface area contributed by atoms with Crippen LogP contribution in [0.15, 0.2) is 0 Å². The van der Waals surface area contributed by atoms with E-state index in [1.165, 1.54) is 0 Å². The summed E-state index contributed by atoms with van der Waals surface area (Å²) in [6, 6.07) is 0. The lowest BCUT2D eigenvalue weighted by Gasteiger charge is -2.37. The second-order valence-corrected chi connectivity index (χ2v) is 11.7. The number of ether oxygens (including phenoxy) is 1. The predicted octanol–water partition coefficient (Wildman–Crippen LogP) is 3.52. The number of carbonyl (C=O) groups excluding carboxylic acids is 2. The van der Waals surface area contributed by atoms with Gasteiger partial charge in [0.25, 0.3) is 10.1 Å². The highest BCUT2D eigenvalue weighted by molar-refractivity contribution is 7.86. The van der Waals surface area contributed by atoms with Crippen LogP contribution in [0.4, 0.5) is 4.79 Å². The Balaban J connectivity index is 1.56. The van der Waals surface area contributed by atoms with Gasteiger partial charge in [-0.1, -0.05) is 20.8 Å². The molecule has 0 aromatic rings. The van der Waals surface area contributed by atoms with Crippen molar-refractivity contribution in [2.24, 2.45) is 16.7 Å². The van der Waals surface area contributed by atoms with E-state index < -0.39 is 27.2 Å². The van der Waals surface area contributed by atoms with Crippen molar-refractivity contribution in [1.29, 1.82) is 0 Å². The summed E-state index contributed by atoms with van der Waals surface area (Å²) in [6.07, 6.45) is 2.78. The number of amides is 1. The molecule has 3 rings (SSSR count). The molecule has 1 amide bonds. The van der Waals surface area contributed by atoms with Crippen LogP contribution in [0.3, 0.4) is 0 Å². The van der Waals surface area contributed by atoms with Crippen LogP contribution in [0.25, 0.3) is 0 Å². The van der Waals surface area contributed by atoms with Crippen LogP contribution in [0.1, 0.15) is 73.1 Å². The van der Waals surface area contributed by atoms with E-state index in [-0.39, 0.29) is 29.0 Å². The molecule has 0 radical (unpaired) electrons. The van der Waals surface area contributed by atoms with Crippen LogP contribution >= 0.6 is 0 Å². The third kappa shape index (κ3) is 4.20. The van der Waals surface area contributed by atoms with Gasteiger partial charge in [0, 0.05) is 19.5 Å². The third-order valence-corrected chi connectivity index (χ3v) is 9.17. The van der Waals surface area contributed by atoms with E-state index in [0.717, 1.165) is 6.42 Å². The molecule has 1 heterocycles. The van der Waals surface area contributed by atoms with Gasteiger partial charge in [0.1, 0.15) is 11.4 Å². The van der Waals surface area contributed by atoms with Gasteiger partial charge < -0.3 is 9.64 Å². The van der Waals surface area contributed by atoms with E-state index in [4.69, 9.17) is 8.92 Å². The smallest absolute Gasteiger partial charge is 0.410 e. The summed E-state index contributed by atoms with van der Waals surface area (Å²) in [6.45, 7) is 10.5. The van der Waals surface area contributed by atoms with Crippen LogP contribution in [0, 0.1) is 16.7 Å². The van der Waals surface area contributed by atoms with Crippen molar-refractivity contribution in [1.82, 2.24) is 4.90 Å². The number of piperidine rings is 1. The maximum Gasteiger partial charge on any atom is 0.410 e. The maximum absolute atomic E-state index is 12.8. The highest BCUT2D eigenvalue weighted by atomic mass is 32.2. The lowest BCUT2D eigenvalue weighted by Crippen LogP contribution is -2.46. The molecule has 0 N–H and O–H groups in total. The van der Waals surface area contributed by atoms with Crippen LogP contribution in [-0.2, 0) is 23.8 Å². The SMILES string of the molecule is CCC(C)(C)OC(=O)N1CCC(OS(=O)(=O)CC23CCC(CC2=O)C3(C)C)CC1. The quantitative estimate of drug-likeness (QED) is 0.600. The standard InChI is InChI=1S/C21H35NO6S/c1-6-19(2,3)27-18(24)22-11-8-16(9-12-22)28-29(25,26)14-21-10-7-15(13-17(21)23)20(21,4)5/h15-16H,6-14H2,1-5H3. The van der Waals surface area contributed by atoms with Crippen molar-refractivity contribution in [2.75, 3.05) is 18.8 Å². The Bertz CT molecular complexity index is 766. The Labute approximate surface area is 174 Å². The first-order chi connectivity index (χ1) is 13.3. The van der Waals surface area contributed by atoms with Gasteiger partial charge in [-0.3, -0.25) is 8.98 Å². The molecule has 2 atom stereocenters. The first kappa shape index (κ1) is 22.5. The van der Waals surface area contributed by atoms with Crippen molar-refractivity contribution < 1.29 is 26.9 Å². The molecule has 3 fully saturated rings. The summed E-state index contributed by atoms with van der Waals surface area (Å²) in [5.74, 6) is 0.115. The monoisotopic (exact) mass is 429 g/mol. The zero-order valence-electron chi connectivity index (χ0n) is 18.3. The lowest BCUT2D eigenvalue weighted by molar-refractivity contribution is -0.128. The first-order valence-corrected chi connectivity index (χ1v) is 12.3. The highest BCUT2D eigenvalue weighted by Crippen LogP contribution is 2.64. The number of Topliss-reactive ketones (excluding diaryl/α,β-unsaturated/α-hetero) is 1. The molecule has 8 heteroatoms. The fraction of sp³-hybridized carbons (Fsp3) is 0.905. The third-order valence-electron chi connectivity index (χ3n) is 7.76. The normalized spacial score (nSPS) is 30.0. The van der Waals surface area contributed by atoms with Crippen LogP contribution in [-0.4, -0.2) is 55.7 Å². The van der Waals surface area contributed by atoms with E-state index in [0.29, 0.717) is 45.2 Å². The van der Waals surface area contributed by atoms with Gasteiger partial charge in [0.05, 0.1) is 17.3 Å². The van der Waals surface area contributed by atoms with Crippen molar-refractivity contribution in [2.45, 2.75) is 84.8 Å². The molecule has 3 aliphatic rings. The van der Waals surface area contributed by atoms with Crippen molar-refractivity contribution in [3.8, 4) is 0 Å². The molecule has 7 nitrogen and oxygen atoms in total. The first-order valence-electron chi connectivity index (χ1n) is 10.7. The lowest BCUT2D eigenvalue weighted by atomic mass is 9.70. The zero-order valence-corrected chi connectivity index (χ0v) is 19.1. The molecule has 2 aliphatic carbocycles. The van der Waals surface area contributed by atoms with Crippen LogP contribution in [0.5, 0.6) is 0 Å². The fourth-order valence-corrected chi connectivity index (χ4v) is 7.12. The Hall–Kier alpha value is -1.15. The minimum atomic E-state index is -3.84. The highest BCUT2D eigenvalue weighted by Gasteiger charge is 2.65. The molecule has 0 aromatic carbocycles. The molecule has 0 aromatic heterocycles. The summed E-state index contributed by atoms with van der Waals surface area (Å²) in [5.41, 5.74) is -1.64. The second kappa shape index (κ2) is 7.52. The van der Waals surface area contributed by atoms with Gasteiger partial charge in [0.2, 0.25) is 0 Å². The van der Waals surface area contributed by atoms with E-state index in [9.17, 15) is 18.0 Å². The average molecular weight is 430 g/mol. The van der Waals surface area contributed by atoms with E-state index >= 15 is 0 Å². The molecular weight excluding hydrogens is 394 g/mol. The molecular formula is C21H35NO6S. The molecule has 2 bridgehead atoms. The minimum absolute atomic E-state index is 0.0713. The van der Waals surface area contributed by atoms with Gasteiger partial charge in [-0.15, -0.1) is 0 Å². The van der Waals surface area contributed by atoms with E-state index in [2.05, 4.69) is 0 Å². The second-order valence-electron chi connectivity index (χ2n) is 10.1. The van der Waals surface area contributed by atoms with Gasteiger partial charge in [-0.05, 0) is 57.3 Å². The van der Waals surface area contributed by atoms with E-state index in [1.807, 2.05) is 34.6 Å². The van der Waals surface area contributed by atoms with Gasteiger partial charge >= 0.3 is 6.09 Å². The average Bonchev–Trinajstić information content (AvgIpc) is 2.95. The summed E-state index contributed by atoms with van der Waals surface area (Å²) in [5, 5.41) is 0. The van der Waals surface area contributed by atoms with Crippen LogP contribution in [0.2, 0.25) is 0 Å². The molecule has 1 saturated heterocycles. The summed E-state index contributed by atoms with van der Waals surface area (Å²) in [7, 11) is -3.84. The largest absolute Gasteiger partial charge is 0.443 e. The maximum atomic E-state index is 12.8. The summed E-state index contributed by atoms with van der Waals surface area (Å²) < 4.78 is 36.7. The fourth-order valence-electron chi connectivity index (χ4n) is 5.16. The van der Waals surface area contributed by atoms with Crippen molar-refractivity contribution in [3.63, 3.8) is 0 Å². The molecule has 166 valence electrons. The minimum Gasteiger partial charge on any atom is -0.443 e. The molecule has 2 saturated carbocycles. The van der Waals surface area contributed by atoms with Crippen molar-refractivity contribution >= 4 is 22.0 Å². The Morgan fingerprint density at radius 2 is 1.83 bits per heavy atom. The molecule has 1 aliphatic heterocycles. The molecule has 2 unspecified atom stereocenters. The van der Waals surface area contributed by atoms with Crippen molar-refractivity contribution in [3.05, 3.63) is 0 Å². The van der Waals surface area contributed by atoms with Gasteiger partial charge in [-0.25, -0.2) is 4.79 Å². The summed E-state index contributed by atoms with van der Waals surface area (Å²) in [4.78, 5) is 26.5. The number of nitrogens with zero attached hydrogens (tertiary/aromatic N) is 1. The number of likely N-dealkylation sites (tertiary alicyclic amines) is 1. The molecule has 29 heavy (non-hydrogen) atoms. The zero-order chi connectivity index (χ0) is 21.7.